The Balaban J connectivity index is 2.38. The van der Waals surface area contributed by atoms with Crippen molar-refractivity contribution in [3.8, 4) is 0 Å². The van der Waals surface area contributed by atoms with Gasteiger partial charge in [-0.05, 0) is 13.8 Å². The molecule has 0 aliphatic heterocycles. The Morgan fingerprint density at radius 1 is 1.53 bits per heavy atom. The summed E-state index contributed by atoms with van der Waals surface area (Å²) in [6.45, 7) is 5.15. The van der Waals surface area contributed by atoms with Crippen LogP contribution in [0.4, 0.5) is 4.79 Å². The molecule has 7 heteroatoms. The van der Waals surface area contributed by atoms with E-state index in [1.807, 2.05) is 17.7 Å². The Hall–Kier alpha value is -2.05. The van der Waals surface area contributed by atoms with E-state index in [0.717, 1.165) is 0 Å². The molecule has 0 aliphatic rings. The minimum Gasteiger partial charge on any atom is -0.481 e. The molecule has 1 heterocycles. The van der Waals surface area contributed by atoms with Crippen LogP contribution in [0.2, 0.25) is 0 Å². The van der Waals surface area contributed by atoms with Crippen LogP contribution < -0.4 is 5.32 Å². The Labute approximate surface area is 112 Å². The zero-order valence-electron chi connectivity index (χ0n) is 11.2. The Morgan fingerprint density at radius 3 is 2.79 bits per heavy atom. The fourth-order valence-electron chi connectivity index (χ4n) is 1.83. The van der Waals surface area contributed by atoms with Crippen LogP contribution in [0.3, 0.4) is 0 Å². The summed E-state index contributed by atoms with van der Waals surface area (Å²) in [5, 5.41) is 11.5. The largest absolute Gasteiger partial charge is 0.481 e. The fourth-order valence-corrected chi connectivity index (χ4v) is 1.83. The lowest BCUT2D eigenvalue weighted by Gasteiger charge is -2.27. The molecule has 0 aromatic carbocycles. The highest BCUT2D eigenvalue weighted by Gasteiger charge is 2.20. The summed E-state index contributed by atoms with van der Waals surface area (Å²) in [6, 6.07) is -0.563. The van der Waals surface area contributed by atoms with Gasteiger partial charge in [0.2, 0.25) is 0 Å². The van der Waals surface area contributed by atoms with Crippen molar-refractivity contribution < 1.29 is 14.7 Å². The van der Waals surface area contributed by atoms with E-state index in [1.165, 1.54) is 4.90 Å². The molecule has 0 fully saturated rings. The number of aliphatic carboxylic acids is 1. The maximum Gasteiger partial charge on any atom is 0.317 e. The van der Waals surface area contributed by atoms with E-state index in [-0.39, 0.29) is 18.5 Å². The number of carbonyl (C=O) groups excluding carboxylic acids is 1. The number of hydrogen-bond acceptors (Lipinski definition) is 3. The number of rotatable bonds is 7. The van der Waals surface area contributed by atoms with Gasteiger partial charge in [-0.3, -0.25) is 4.79 Å². The molecule has 0 bridgehead atoms. The minimum atomic E-state index is -0.905. The highest BCUT2D eigenvalue weighted by molar-refractivity contribution is 5.75. The van der Waals surface area contributed by atoms with Gasteiger partial charge in [-0.25, -0.2) is 9.78 Å². The van der Waals surface area contributed by atoms with E-state index in [2.05, 4.69) is 10.3 Å². The van der Waals surface area contributed by atoms with Crippen LogP contribution in [0.25, 0.3) is 0 Å². The van der Waals surface area contributed by atoms with Crippen LogP contribution in [0.15, 0.2) is 18.7 Å². The molecule has 106 valence electrons. The first-order chi connectivity index (χ1) is 9.04. The van der Waals surface area contributed by atoms with Crippen LogP contribution in [0.5, 0.6) is 0 Å². The standard InChI is InChI=1S/C12H20N4O3/c1-3-16(10(2)8-11(17)18)12(19)14-5-7-15-6-4-13-9-15/h4,6,9-10H,3,5,7-8H2,1-2H3,(H,14,19)(H,17,18). The van der Waals surface area contributed by atoms with Gasteiger partial charge in [0.1, 0.15) is 0 Å². The normalized spacial score (nSPS) is 11.9. The average molecular weight is 268 g/mol. The van der Waals surface area contributed by atoms with Gasteiger partial charge >= 0.3 is 12.0 Å². The van der Waals surface area contributed by atoms with Crippen LogP contribution in [-0.2, 0) is 11.3 Å². The molecular formula is C12H20N4O3. The van der Waals surface area contributed by atoms with E-state index >= 15 is 0 Å². The first-order valence-electron chi connectivity index (χ1n) is 6.26. The van der Waals surface area contributed by atoms with Crippen molar-refractivity contribution in [2.24, 2.45) is 0 Å². The number of carboxylic acids is 1. The first kappa shape index (κ1) is 15.0. The number of aromatic nitrogens is 2. The summed E-state index contributed by atoms with van der Waals surface area (Å²) in [7, 11) is 0. The van der Waals surface area contributed by atoms with Crippen molar-refractivity contribution in [3.05, 3.63) is 18.7 Å². The zero-order chi connectivity index (χ0) is 14.3. The van der Waals surface area contributed by atoms with Crippen LogP contribution in [0.1, 0.15) is 20.3 Å². The molecule has 19 heavy (non-hydrogen) atoms. The van der Waals surface area contributed by atoms with Gasteiger partial charge < -0.3 is 19.9 Å². The van der Waals surface area contributed by atoms with Crippen molar-refractivity contribution >= 4 is 12.0 Å². The molecule has 1 unspecified atom stereocenters. The summed E-state index contributed by atoms with van der Waals surface area (Å²) >= 11 is 0. The molecule has 1 rings (SSSR count). The Kier molecular flexibility index (Phi) is 5.84. The summed E-state index contributed by atoms with van der Waals surface area (Å²) in [4.78, 5) is 28.0. The average Bonchev–Trinajstić information content (AvgIpc) is 2.82. The molecule has 1 aromatic heterocycles. The van der Waals surface area contributed by atoms with Crippen LogP contribution >= 0.6 is 0 Å². The second-order valence-electron chi connectivity index (χ2n) is 4.27. The van der Waals surface area contributed by atoms with Crippen molar-refractivity contribution in [3.63, 3.8) is 0 Å². The third-order valence-electron chi connectivity index (χ3n) is 2.81. The Bertz CT molecular complexity index is 405. The van der Waals surface area contributed by atoms with E-state index in [4.69, 9.17) is 5.11 Å². The highest BCUT2D eigenvalue weighted by Crippen LogP contribution is 2.04. The predicted octanol–water partition coefficient (Wildman–Crippen LogP) is 0.778. The van der Waals surface area contributed by atoms with E-state index in [0.29, 0.717) is 19.6 Å². The van der Waals surface area contributed by atoms with Crippen molar-refractivity contribution in [1.29, 1.82) is 0 Å². The number of urea groups is 1. The van der Waals surface area contributed by atoms with Crippen LogP contribution in [0, 0.1) is 0 Å². The molecule has 0 aliphatic carbocycles. The second-order valence-corrected chi connectivity index (χ2v) is 4.27. The molecule has 0 radical (unpaired) electrons. The van der Waals surface area contributed by atoms with Gasteiger partial charge in [0.25, 0.3) is 0 Å². The SMILES string of the molecule is CCN(C(=O)NCCn1ccnc1)C(C)CC(=O)O. The third-order valence-corrected chi connectivity index (χ3v) is 2.81. The lowest BCUT2D eigenvalue weighted by Crippen LogP contribution is -2.46. The molecule has 0 saturated heterocycles. The number of hydrogen-bond donors (Lipinski definition) is 2. The van der Waals surface area contributed by atoms with Crippen molar-refractivity contribution in [2.45, 2.75) is 32.9 Å². The van der Waals surface area contributed by atoms with Gasteiger partial charge in [0.05, 0.1) is 12.7 Å². The molecular weight excluding hydrogens is 248 g/mol. The number of nitrogens with one attached hydrogen (secondary N) is 1. The molecule has 2 amide bonds. The van der Waals surface area contributed by atoms with E-state index in [9.17, 15) is 9.59 Å². The molecule has 1 atom stereocenters. The monoisotopic (exact) mass is 268 g/mol. The highest BCUT2D eigenvalue weighted by atomic mass is 16.4. The molecule has 0 spiro atoms. The van der Waals surface area contributed by atoms with Crippen molar-refractivity contribution in [2.75, 3.05) is 13.1 Å². The van der Waals surface area contributed by atoms with Gasteiger partial charge in [-0.1, -0.05) is 0 Å². The number of imidazole rings is 1. The molecule has 0 saturated carbocycles. The third kappa shape index (κ3) is 4.99. The van der Waals surface area contributed by atoms with E-state index in [1.54, 1.807) is 19.4 Å². The first-order valence-corrected chi connectivity index (χ1v) is 6.26. The number of carboxylic acid groups (broad SMARTS) is 1. The molecule has 2 N–H and O–H groups in total. The molecule has 7 nitrogen and oxygen atoms in total. The topological polar surface area (TPSA) is 87.5 Å². The maximum absolute atomic E-state index is 11.9. The number of amides is 2. The second kappa shape index (κ2) is 7.40. The Morgan fingerprint density at radius 2 is 2.26 bits per heavy atom. The van der Waals surface area contributed by atoms with Gasteiger partial charge in [0.15, 0.2) is 0 Å². The minimum absolute atomic E-state index is 0.0528. The van der Waals surface area contributed by atoms with Gasteiger partial charge in [-0.15, -0.1) is 0 Å². The maximum atomic E-state index is 11.9. The summed E-state index contributed by atoms with van der Waals surface area (Å²) in [5.41, 5.74) is 0. The fraction of sp³-hybridized carbons (Fsp3) is 0.583. The van der Waals surface area contributed by atoms with Crippen molar-refractivity contribution in [1.82, 2.24) is 19.8 Å². The summed E-state index contributed by atoms with van der Waals surface area (Å²) in [6.07, 6.45) is 5.12. The summed E-state index contributed by atoms with van der Waals surface area (Å²) < 4.78 is 1.86. The smallest absolute Gasteiger partial charge is 0.317 e. The quantitative estimate of drug-likeness (QED) is 0.765. The lowest BCUT2D eigenvalue weighted by atomic mass is 10.2. The number of carbonyl (C=O) groups is 2. The van der Waals surface area contributed by atoms with Gasteiger partial charge in [-0.2, -0.15) is 0 Å². The molecule has 1 aromatic rings. The predicted molar refractivity (Wildman–Crippen MR) is 69.7 cm³/mol. The lowest BCUT2D eigenvalue weighted by molar-refractivity contribution is -0.138. The zero-order valence-corrected chi connectivity index (χ0v) is 11.2. The van der Waals surface area contributed by atoms with Gasteiger partial charge in [0, 0.05) is 38.1 Å². The number of nitrogens with zero attached hydrogens (tertiary/aromatic N) is 3. The van der Waals surface area contributed by atoms with Crippen LogP contribution in [-0.4, -0.2) is 50.7 Å². The summed E-state index contributed by atoms with van der Waals surface area (Å²) in [5.74, 6) is -0.905. The van der Waals surface area contributed by atoms with E-state index < -0.39 is 5.97 Å².